The fraction of sp³-hybridized carbons (Fsp3) is 0.333. The molecule has 0 fully saturated rings. The number of hydrogen-bond donors (Lipinski definition) is 2. The van der Waals surface area contributed by atoms with E-state index in [0.29, 0.717) is 5.76 Å². The van der Waals surface area contributed by atoms with E-state index in [1.165, 1.54) is 0 Å². The first-order valence-corrected chi connectivity index (χ1v) is 7.32. The third-order valence-corrected chi connectivity index (χ3v) is 3.05. The van der Waals surface area contributed by atoms with Crippen molar-refractivity contribution in [3.8, 4) is 0 Å². The van der Waals surface area contributed by atoms with E-state index in [1.807, 2.05) is 26.8 Å². The van der Waals surface area contributed by atoms with Crippen molar-refractivity contribution < 1.29 is 14.9 Å². The number of hydrogen-bond acceptors (Lipinski definition) is 3. The van der Waals surface area contributed by atoms with Crippen LogP contribution in [0.1, 0.15) is 27.2 Å². The van der Waals surface area contributed by atoms with Gasteiger partial charge in [0.25, 0.3) is 0 Å². The monoisotopic (exact) mass is 288 g/mol. The molecule has 0 saturated heterocycles. The van der Waals surface area contributed by atoms with Crippen molar-refractivity contribution >= 4 is 0 Å². The molecule has 2 unspecified atom stereocenters. The normalized spacial score (nSPS) is 24.2. The lowest BCUT2D eigenvalue weighted by molar-refractivity contribution is 0.188. The second kappa shape index (κ2) is 8.32. The maximum Gasteiger partial charge on any atom is 0.145 e. The molecule has 3 heteroatoms. The van der Waals surface area contributed by atoms with Crippen molar-refractivity contribution in [2.24, 2.45) is 0 Å². The summed E-state index contributed by atoms with van der Waals surface area (Å²) in [5.74, 6) is 0.866. The lowest BCUT2D eigenvalue weighted by Crippen LogP contribution is -2.14. The van der Waals surface area contributed by atoms with Gasteiger partial charge in [-0.2, -0.15) is 0 Å². The van der Waals surface area contributed by atoms with Crippen LogP contribution in [0.25, 0.3) is 0 Å². The average molecular weight is 288 g/mol. The summed E-state index contributed by atoms with van der Waals surface area (Å²) >= 11 is 0. The van der Waals surface area contributed by atoms with Crippen LogP contribution < -0.4 is 0 Å². The SMILES string of the molecule is C=C1C=CC(O)=CC1OC1=C(CC)C=CC(O)C=C1.CC. The largest absolute Gasteiger partial charge is 0.508 e. The summed E-state index contributed by atoms with van der Waals surface area (Å²) in [5.41, 5.74) is 1.78. The standard InChI is InChI=1S/C16H18O3.C2H6/c1-3-12-5-7-13(17)8-9-15(12)19-16-10-14(18)6-4-11(16)2;1-2/h4-10,13,16-18H,2-3H2,1H3;1-2H3. The fourth-order valence-electron chi connectivity index (χ4n) is 1.91. The highest BCUT2D eigenvalue weighted by Crippen LogP contribution is 2.24. The molecule has 0 heterocycles. The molecule has 2 N–H and O–H groups in total. The van der Waals surface area contributed by atoms with Crippen molar-refractivity contribution in [1.29, 1.82) is 0 Å². The highest BCUT2D eigenvalue weighted by molar-refractivity contribution is 5.38. The molecule has 0 radical (unpaired) electrons. The van der Waals surface area contributed by atoms with Crippen LogP contribution in [0, 0.1) is 0 Å². The van der Waals surface area contributed by atoms with Crippen LogP contribution in [0.15, 0.2) is 71.8 Å². The predicted molar refractivity (Wildman–Crippen MR) is 86.8 cm³/mol. The molecule has 2 atom stereocenters. The summed E-state index contributed by atoms with van der Waals surface area (Å²) in [7, 11) is 0. The molecular weight excluding hydrogens is 264 g/mol. The minimum Gasteiger partial charge on any atom is -0.508 e. The molecule has 0 amide bonds. The van der Waals surface area contributed by atoms with Gasteiger partial charge in [-0.3, -0.25) is 0 Å². The van der Waals surface area contributed by atoms with Gasteiger partial charge in [0.2, 0.25) is 0 Å². The van der Waals surface area contributed by atoms with Crippen LogP contribution in [-0.2, 0) is 4.74 Å². The molecule has 0 saturated carbocycles. The molecule has 2 aliphatic carbocycles. The summed E-state index contributed by atoms with van der Waals surface area (Å²) in [5, 5.41) is 19.1. The summed E-state index contributed by atoms with van der Waals surface area (Å²) in [6.45, 7) is 9.93. The van der Waals surface area contributed by atoms with Crippen LogP contribution >= 0.6 is 0 Å². The van der Waals surface area contributed by atoms with E-state index >= 15 is 0 Å². The maximum absolute atomic E-state index is 9.58. The highest BCUT2D eigenvalue weighted by Gasteiger charge is 2.17. The Labute approximate surface area is 127 Å². The van der Waals surface area contributed by atoms with Crippen LogP contribution in [-0.4, -0.2) is 22.4 Å². The molecule has 0 aromatic carbocycles. The number of aliphatic hydroxyl groups is 2. The van der Waals surface area contributed by atoms with E-state index in [2.05, 4.69) is 6.58 Å². The zero-order chi connectivity index (χ0) is 15.8. The molecule has 0 aliphatic heterocycles. The van der Waals surface area contributed by atoms with Gasteiger partial charge in [0, 0.05) is 6.08 Å². The Kier molecular flexibility index (Phi) is 6.76. The third kappa shape index (κ3) is 4.80. The fourth-order valence-corrected chi connectivity index (χ4v) is 1.91. The molecule has 0 spiro atoms. The van der Waals surface area contributed by atoms with E-state index in [0.717, 1.165) is 17.6 Å². The van der Waals surface area contributed by atoms with Gasteiger partial charge in [0.05, 0.1) is 6.10 Å². The van der Waals surface area contributed by atoms with Gasteiger partial charge in [0.15, 0.2) is 0 Å². The Morgan fingerprint density at radius 2 is 1.81 bits per heavy atom. The van der Waals surface area contributed by atoms with Crippen LogP contribution in [0.4, 0.5) is 0 Å². The zero-order valence-electron chi connectivity index (χ0n) is 12.9. The van der Waals surface area contributed by atoms with E-state index in [1.54, 1.807) is 36.5 Å². The van der Waals surface area contributed by atoms with Crippen molar-refractivity contribution in [2.75, 3.05) is 0 Å². The second-order valence-electron chi connectivity index (χ2n) is 4.49. The molecule has 0 aromatic heterocycles. The Balaban J connectivity index is 0.00000106. The topological polar surface area (TPSA) is 49.7 Å². The zero-order valence-corrected chi connectivity index (χ0v) is 12.9. The van der Waals surface area contributed by atoms with Crippen LogP contribution in [0.5, 0.6) is 0 Å². The lowest BCUT2D eigenvalue weighted by atomic mass is 10.1. The molecule has 2 aliphatic rings. The molecule has 0 aromatic rings. The Bertz CT molecular complexity index is 519. The van der Waals surface area contributed by atoms with Gasteiger partial charge in [-0.25, -0.2) is 0 Å². The van der Waals surface area contributed by atoms with Crippen molar-refractivity contribution in [1.82, 2.24) is 0 Å². The Morgan fingerprint density at radius 1 is 1.14 bits per heavy atom. The van der Waals surface area contributed by atoms with Gasteiger partial charge in [-0.15, -0.1) is 0 Å². The highest BCUT2D eigenvalue weighted by atomic mass is 16.5. The second-order valence-corrected chi connectivity index (χ2v) is 4.49. The third-order valence-electron chi connectivity index (χ3n) is 3.05. The smallest absolute Gasteiger partial charge is 0.145 e. The van der Waals surface area contributed by atoms with Gasteiger partial charge < -0.3 is 14.9 Å². The molecule has 114 valence electrons. The van der Waals surface area contributed by atoms with Crippen molar-refractivity contribution in [3.05, 3.63) is 71.8 Å². The summed E-state index contributed by atoms with van der Waals surface area (Å²) < 4.78 is 5.89. The van der Waals surface area contributed by atoms with Gasteiger partial charge in [0.1, 0.15) is 17.6 Å². The van der Waals surface area contributed by atoms with Gasteiger partial charge in [-0.1, -0.05) is 45.6 Å². The quantitative estimate of drug-likeness (QED) is 0.821. The molecule has 0 bridgehead atoms. The minimum atomic E-state index is -0.596. The molecule has 2 rings (SSSR count). The van der Waals surface area contributed by atoms with E-state index < -0.39 is 6.10 Å². The summed E-state index contributed by atoms with van der Waals surface area (Å²) in [6.07, 6.45) is 11.8. The number of ether oxygens (including phenoxy) is 1. The average Bonchev–Trinajstić information content (AvgIpc) is 2.67. The first kappa shape index (κ1) is 17.1. The number of aliphatic hydroxyl groups excluding tert-OH is 2. The van der Waals surface area contributed by atoms with Gasteiger partial charge in [-0.05, 0) is 35.8 Å². The van der Waals surface area contributed by atoms with E-state index in [-0.39, 0.29) is 11.9 Å². The predicted octanol–water partition coefficient (Wildman–Crippen LogP) is 4.12. The lowest BCUT2D eigenvalue weighted by Gasteiger charge is -2.21. The summed E-state index contributed by atoms with van der Waals surface area (Å²) in [6, 6.07) is 0. The number of rotatable bonds is 3. The van der Waals surface area contributed by atoms with Crippen molar-refractivity contribution in [2.45, 2.75) is 39.4 Å². The Hall–Kier alpha value is -2.00. The molecule has 3 nitrogen and oxygen atoms in total. The first-order chi connectivity index (χ1) is 10.1. The van der Waals surface area contributed by atoms with Gasteiger partial charge >= 0.3 is 0 Å². The van der Waals surface area contributed by atoms with E-state index in [9.17, 15) is 10.2 Å². The summed E-state index contributed by atoms with van der Waals surface area (Å²) in [4.78, 5) is 0. The Morgan fingerprint density at radius 3 is 2.48 bits per heavy atom. The van der Waals surface area contributed by atoms with E-state index in [4.69, 9.17) is 4.74 Å². The minimum absolute atomic E-state index is 0.171. The molecule has 21 heavy (non-hydrogen) atoms. The van der Waals surface area contributed by atoms with Crippen LogP contribution in [0.2, 0.25) is 0 Å². The molecular formula is C18H24O3. The number of allylic oxidation sites excluding steroid dienone is 4. The van der Waals surface area contributed by atoms with Crippen molar-refractivity contribution in [3.63, 3.8) is 0 Å². The first-order valence-electron chi connectivity index (χ1n) is 7.32. The maximum atomic E-state index is 9.58. The van der Waals surface area contributed by atoms with Crippen LogP contribution in [0.3, 0.4) is 0 Å².